The van der Waals surface area contributed by atoms with Crippen LogP contribution in [0.2, 0.25) is 0 Å². The van der Waals surface area contributed by atoms with Crippen LogP contribution in [0.4, 0.5) is 0 Å². The molecule has 0 aliphatic rings. The molecule has 8 heteroatoms. The van der Waals surface area contributed by atoms with Crippen LogP contribution in [0.3, 0.4) is 0 Å². The van der Waals surface area contributed by atoms with Crippen molar-refractivity contribution in [3.05, 3.63) is 0 Å². The molecule has 0 saturated carbocycles. The number of hydrogen-bond acceptors (Lipinski definition) is 4. The van der Waals surface area contributed by atoms with E-state index in [-0.39, 0.29) is 50.1 Å². The summed E-state index contributed by atoms with van der Waals surface area (Å²) in [5.41, 5.74) is 0. The fraction of sp³-hybridized carbons (Fsp3) is 0. The first-order chi connectivity index (χ1) is 2.83. The molecule has 0 amide bonds. The van der Waals surface area contributed by atoms with Gasteiger partial charge in [-0.3, -0.25) is 0 Å². The Hall–Kier alpha value is 1.81. The van der Waals surface area contributed by atoms with Crippen molar-refractivity contribution in [3.8, 4) is 0 Å². The van der Waals surface area contributed by atoms with E-state index < -0.39 is 31.0 Å². The van der Waals surface area contributed by atoms with Gasteiger partial charge < -0.3 is 0 Å². The standard InChI is InChI=1S/2Al.Ca.ClH.4O/h;;;1H;;;;/q;;+2;;;;2*-1. The summed E-state index contributed by atoms with van der Waals surface area (Å²) in [6, 6.07) is 0. The molecule has 0 aromatic heterocycles. The third-order valence-electron chi connectivity index (χ3n) is 0. The van der Waals surface area contributed by atoms with E-state index in [0.717, 1.165) is 0 Å². The average molecular weight is 194 g/mol. The van der Waals surface area contributed by atoms with Gasteiger partial charge in [0.1, 0.15) is 0 Å². The Kier molecular flexibility index (Phi) is 104. The molecule has 0 aromatic carbocycles. The molecule has 8 heavy (non-hydrogen) atoms. The fourth-order valence-corrected chi connectivity index (χ4v) is 0. The third kappa shape index (κ3) is 110. The molecule has 0 N–H and O–H groups in total. The SMILES string of the molecule is Cl.[Ca+2].[O]=[Al][O-].[O]=[Al][O-]. The molecular weight excluding hydrogens is 193 g/mol. The van der Waals surface area contributed by atoms with Gasteiger partial charge in [-0.25, -0.2) is 0 Å². The molecule has 0 aromatic rings. The van der Waals surface area contributed by atoms with Gasteiger partial charge in [0.05, 0.1) is 0 Å². The molecule has 0 heterocycles. The van der Waals surface area contributed by atoms with Crippen LogP contribution in [0.1, 0.15) is 0 Å². The first kappa shape index (κ1) is 22.6. The van der Waals surface area contributed by atoms with Gasteiger partial charge in [0.25, 0.3) is 0 Å². The van der Waals surface area contributed by atoms with Gasteiger partial charge >= 0.3 is 84.6 Å². The van der Waals surface area contributed by atoms with E-state index in [2.05, 4.69) is 0 Å². The van der Waals surface area contributed by atoms with E-state index in [1.54, 1.807) is 0 Å². The summed E-state index contributed by atoms with van der Waals surface area (Å²) >= 11 is -3.50. The minimum absolute atomic E-state index is 0. The van der Waals surface area contributed by atoms with E-state index in [9.17, 15) is 0 Å². The molecule has 40 valence electrons. The van der Waals surface area contributed by atoms with Crippen LogP contribution in [-0.4, -0.2) is 68.7 Å². The van der Waals surface area contributed by atoms with Crippen molar-refractivity contribution in [2.24, 2.45) is 0 Å². The van der Waals surface area contributed by atoms with Crippen molar-refractivity contribution >= 4 is 81.1 Å². The van der Waals surface area contributed by atoms with Crippen molar-refractivity contribution in [1.82, 2.24) is 0 Å². The maximum atomic E-state index is 8.46. The quantitative estimate of drug-likeness (QED) is 0.378. The summed E-state index contributed by atoms with van der Waals surface area (Å²) in [5.74, 6) is 0. The van der Waals surface area contributed by atoms with Gasteiger partial charge in [0.2, 0.25) is 0 Å². The number of hydrogen-bond donors (Lipinski definition) is 0. The molecule has 0 fully saturated rings. The van der Waals surface area contributed by atoms with Gasteiger partial charge in [-0.2, -0.15) is 0 Å². The molecule has 0 spiro atoms. The monoisotopic (exact) mass is 194 g/mol. The molecule has 0 saturated heterocycles. The summed E-state index contributed by atoms with van der Waals surface area (Å²) in [6.07, 6.45) is 0. The summed E-state index contributed by atoms with van der Waals surface area (Å²) in [4.78, 5) is 0. The Morgan fingerprint density at radius 3 is 1.00 bits per heavy atom. The van der Waals surface area contributed by atoms with Crippen molar-refractivity contribution in [2.75, 3.05) is 0 Å². The second-order valence-electron chi connectivity index (χ2n) is 0.192. The Morgan fingerprint density at radius 2 is 1.00 bits per heavy atom. The van der Waals surface area contributed by atoms with Gasteiger partial charge in [-0.15, -0.1) is 12.4 Å². The Bertz CT molecular complexity index is 35.0. The van der Waals surface area contributed by atoms with Crippen LogP contribution in [0.15, 0.2) is 0 Å². The van der Waals surface area contributed by atoms with Crippen LogP contribution >= 0.6 is 12.4 Å². The fourth-order valence-electron chi connectivity index (χ4n) is 0. The van der Waals surface area contributed by atoms with E-state index in [0.29, 0.717) is 0 Å². The normalized spacial score (nSPS) is 2.00. The summed E-state index contributed by atoms with van der Waals surface area (Å²) in [6.45, 7) is 0. The second kappa shape index (κ2) is 37.0. The zero-order valence-corrected chi connectivity index (χ0v) is 9.24. The first-order valence-electron chi connectivity index (χ1n) is 0.943. The Morgan fingerprint density at radius 1 is 1.00 bits per heavy atom. The van der Waals surface area contributed by atoms with Crippen LogP contribution < -0.4 is 8.32 Å². The van der Waals surface area contributed by atoms with E-state index in [4.69, 9.17) is 15.9 Å². The van der Waals surface area contributed by atoms with E-state index in [1.165, 1.54) is 0 Å². The second-order valence-corrected chi connectivity index (χ2v) is 0.577. The van der Waals surface area contributed by atoms with Gasteiger partial charge in [-0.05, 0) is 0 Å². The Labute approximate surface area is 95.6 Å². The molecule has 0 aliphatic carbocycles. The predicted molar refractivity (Wildman–Crippen MR) is 25.9 cm³/mol. The summed E-state index contributed by atoms with van der Waals surface area (Å²) in [5, 5.41) is 0. The summed E-state index contributed by atoms with van der Waals surface area (Å²) in [7, 11) is 0. The molecule has 0 radical (unpaired) electrons. The molecule has 0 rings (SSSR count). The molecule has 0 aliphatic heterocycles. The molecule has 0 bridgehead atoms. The zero-order chi connectivity index (χ0) is 5.41. The predicted octanol–water partition coefficient (Wildman–Crippen LogP) is -3.34. The van der Waals surface area contributed by atoms with Crippen LogP contribution in [0.25, 0.3) is 0 Å². The number of rotatable bonds is 0. The van der Waals surface area contributed by atoms with Gasteiger partial charge in [-0.1, -0.05) is 0 Å². The maximum absolute atomic E-state index is 8.46. The van der Waals surface area contributed by atoms with E-state index in [1.807, 2.05) is 0 Å². The average Bonchev–Trinajstić information content (AvgIpc) is 1.39. The van der Waals surface area contributed by atoms with Crippen LogP contribution in [-0.2, 0) is 7.61 Å². The Balaban J connectivity index is -0.0000000160. The topological polar surface area (TPSA) is 80.3 Å². The molecule has 0 atom stereocenters. The van der Waals surface area contributed by atoms with Crippen molar-refractivity contribution < 1.29 is 15.9 Å². The van der Waals surface area contributed by atoms with Crippen molar-refractivity contribution in [3.63, 3.8) is 0 Å². The van der Waals surface area contributed by atoms with Crippen molar-refractivity contribution in [1.29, 1.82) is 0 Å². The number of halogens is 1. The molecule has 4 nitrogen and oxygen atoms in total. The van der Waals surface area contributed by atoms with Crippen LogP contribution in [0, 0.1) is 0 Å². The third-order valence-corrected chi connectivity index (χ3v) is 0. The van der Waals surface area contributed by atoms with Crippen LogP contribution in [0.5, 0.6) is 0 Å². The molecular formula is HAl2CaClO4. The minimum atomic E-state index is -1.75. The first-order valence-corrected chi connectivity index (χ1v) is 2.83. The van der Waals surface area contributed by atoms with E-state index >= 15 is 0 Å². The zero-order valence-electron chi connectivity index (χ0n) is 3.90. The van der Waals surface area contributed by atoms with Gasteiger partial charge in [0, 0.05) is 0 Å². The van der Waals surface area contributed by atoms with Gasteiger partial charge in [0.15, 0.2) is 0 Å². The summed E-state index contributed by atoms with van der Waals surface area (Å²) < 4.78 is 33.8. The van der Waals surface area contributed by atoms with Crippen molar-refractivity contribution in [2.45, 2.75) is 0 Å². The molecule has 0 unspecified atom stereocenters.